The molecule has 1 saturated heterocycles. The van der Waals surface area contributed by atoms with Crippen LogP contribution in [0.4, 0.5) is 0 Å². The Hall–Kier alpha value is -1.55. The summed E-state index contributed by atoms with van der Waals surface area (Å²) in [6.07, 6.45) is 2.23. The van der Waals surface area contributed by atoms with Crippen molar-refractivity contribution in [1.29, 1.82) is 0 Å². The molecular formula is C14H20N2O2. The molecule has 1 atom stereocenters. The minimum atomic E-state index is -0.0657. The molecule has 98 valence electrons. The first-order valence-corrected chi connectivity index (χ1v) is 6.45. The predicted molar refractivity (Wildman–Crippen MR) is 70.8 cm³/mol. The maximum absolute atomic E-state index is 11.9. The lowest BCUT2D eigenvalue weighted by Gasteiger charge is -2.10. The molecule has 0 spiro atoms. The van der Waals surface area contributed by atoms with Crippen molar-refractivity contribution >= 4 is 5.91 Å². The number of aromatic hydroxyl groups is 1. The summed E-state index contributed by atoms with van der Waals surface area (Å²) in [6, 6.07) is 4.92. The number of benzene rings is 1. The normalized spacial score (nSPS) is 18.8. The third kappa shape index (κ3) is 3.23. The van der Waals surface area contributed by atoms with Crippen molar-refractivity contribution in [3.8, 4) is 5.75 Å². The van der Waals surface area contributed by atoms with Crippen LogP contribution < -0.4 is 10.6 Å². The first-order chi connectivity index (χ1) is 8.66. The monoisotopic (exact) mass is 248 g/mol. The maximum Gasteiger partial charge on any atom is 0.251 e. The van der Waals surface area contributed by atoms with E-state index in [1.54, 1.807) is 25.1 Å². The molecule has 3 N–H and O–H groups in total. The first kappa shape index (κ1) is 12.9. The van der Waals surface area contributed by atoms with Gasteiger partial charge in [0.2, 0.25) is 0 Å². The summed E-state index contributed by atoms with van der Waals surface area (Å²) in [4.78, 5) is 11.9. The highest BCUT2D eigenvalue weighted by molar-refractivity contribution is 5.94. The van der Waals surface area contributed by atoms with Gasteiger partial charge in [0.05, 0.1) is 0 Å². The number of amides is 1. The number of aryl methyl sites for hydroxylation is 1. The van der Waals surface area contributed by atoms with Gasteiger partial charge in [0.25, 0.3) is 5.91 Å². The van der Waals surface area contributed by atoms with Crippen LogP contribution in [-0.4, -0.2) is 30.6 Å². The Balaban J connectivity index is 1.81. The minimum Gasteiger partial charge on any atom is -0.508 e. The lowest BCUT2D eigenvalue weighted by molar-refractivity contribution is 0.0951. The molecule has 0 aliphatic carbocycles. The lowest BCUT2D eigenvalue weighted by Crippen LogP contribution is -2.26. The van der Waals surface area contributed by atoms with Gasteiger partial charge in [0, 0.05) is 12.1 Å². The van der Waals surface area contributed by atoms with Crippen LogP contribution in [-0.2, 0) is 0 Å². The number of phenolic OH excluding ortho intramolecular Hbond substituents is 1. The molecule has 0 radical (unpaired) electrons. The lowest BCUT2D eigenvalue weighted by atomic mass is 10.1. The predicted octanol–water partition coefficient (Wildman–Crippen LogP) is 1.43. The van der Waals surface area contributed by atoms with Crippen molar-refractivity contribution in [2.75, 3.05) is 19.6 Å². The largest absolute Gasteiger partial charge is 0.508 e. The van der Waals surface area contributed by atoms with E-state index in [0.29, 0.717) is 18.0 Å². The first-order valence-electron chi connectivity index (χ1n) is 6.45. The Morgan fingerprint density at radius 2 is 2.39 bits per heavy atom. The summed E-state index contributed by atoms with van der Waals surface area (Å²) in [5.41, 5.74) is 1.33. The van der Waals surface area contributed by atoms with E-state index in [9.17, 15) is 9.90 Å². The van der Waals surface area contributed by atoms with Gasteiger partial charge in [-0.2, -0.15) is 0 Å². The molecule has 0 bridgehead atoms. The molecule has 1 heterocycles. The van der Waals surface area contributed by atoms with Crippen LogP contribution in [0, 0.1) is 12.8 Å². The number of phenols is 1. The van der Waals surface area contributed by atoms with E-state index in [1.807, 2.05) is 0 Å². The molecule has 18 heavy (non-hydrogen) atoms. The summed E-state index contributed by atoms with van der Waals surface area (Å²) in [5, 5.41) is 15.6. The fourth-order valence-corrected chi connectivity index (χ4v) is 2.25. The van der Waals surface area contributed by atoms with Crippen molar-refractivity contribution in [2.24, 2.45) is 5.92 Å². The molecule has 1 fully saturated rings. The number of carbonyl (C=O) groups excluding carboxylic acids is 1. The van der Waals surface area contributed by atoms with Gasteiger partial charge in [-0.3, -0.25) is 4.79 Å². The van der Waals surface area contributed by atoms with E-state index in [0.717, 1.165) is 25.1 Å². The Bertz CT molecular complexity index is 426. The summed E-state index contributed by atoms with van der Waals surface area (Å²) in [7, 11) is 0. The zero-order chi connectivity index (χ0) is 13.0. The molecule has 1 aliphatic rings. The number of hydrogen-bond acceptors (Lipinski definition) is 3. The zero-order valence-electron chi connectivity index (χ0n) is 10.7. The van der Waals surface area contributed by atoms with Gasteiger partial charge < -0.3 is 15.7 Å². The Morgan fingerprint density at radius 1 is 1.56 bits per heavy atom. The number of rotatable bonds is 4. The maximum atomic E-state index is 11.9. The second-order valence-corrected chi connectivity index (χ2v) is 4.90. The van der Waals surface area contributed by atoms with Crippen molar-refractivity contribution in [3.05, 3.63) is 29.3 Å². The van der Waals surface area contributed by atoms with E-state index in [1.165, 1.54) is 6.42 Å². The highest BCUT2D eigenvalue weighted by atomic mass is 16.3. The van der Waals surface area contributed by atoms with E-state index in [-0.39, 0.29) is 11.7 Å². The Morgan fingerprint density at radius 3 is 3.06 bits per heavy atom. The van der Waals surface area contributed by atoms with Gasteiger partial charge in [-0.05, 0) is 62.5 Å². The molecule has 1 unspecified atom stereocenters. The molecule has 1 aromatic rings. The zero-order valence-corrected chi connectivity index (χ0v) is 10.7. The standard InChI is InChI=1S/C14H20N2O2/c1-10-8-12(2-3-13(10)17)14(18)16-7-5-11-4-6-15-9-11/h2-3,8,11,15,17H,4-7,9H2,1H3,(H,16,18). The van der Waals surface area contributed by atoms with Crippen molar-refractivity contribution in [3.63, 3.8) is 0 Å². The topological polar surface area (TPSA) is 61.4 Å². The van der Waals surface area contributed by atoms with Crippen molar-refractivity contribution in [1.82, 2.24) is 10.6 Å². The van der Waals surface area contributed by atoms with Crippen LogP contribution in [0.5, 0.6) is 5.75 Å². The molecule has 4 nitrogen and oxygen atoms in total. The number of carbonyl (C=O) groups is 1. The molecule has 4 heteroatoms. The molecule has 1 aliphatic heterocycles. The summed E-state index contributed by atoms with van der Waals surface area (Å²) in [6.45, 7) is 4.66. The smallest absolute Gasteiger partial charge is 0.251 e. The molecule has 0 aromatic heterocycles. The average Bonchev–Trinajstić information content (AvgIpc) is 2.85. The van der Waals surface area contributed by atoms with Gasteiger partial charge in [0.1, 0.15) is 5.75 Å². The average molecular weight is 248 g/mol. The number of hydrogen-bond donors (Lipinski definition) is 3. The van der Waals surface area contributed by atoms with E-state index >= 15 is 0 Å². The van der Waals surface area contributed by atoms with Crippen LogP contribution in [0.25, 0.3) is 0 Å². The second kappa shape index (κ2) is 5.87. The Labute approximate surface area is 107 Å². The van der Waals surface area contributed by atoms with Gasteiger partial charge in [-0.1, -0.05) is 0 Å². The van der Waals surface area contributed by atoms with Crippen LogP contribution in [0.1, 0.15) is 28.8 Å². The summed E-state index contributed by atoms with van der Waals surface area (Å²) < 4.78 is 0. The number of nitrogens with one attached hydrogen (secondary N) is 2. The highest BCUT2D eigenvalue weighted by Crippen LogP contribution is 2.17. The van der Waals surface area contributed by atoms with Gasteiger partial charge in [-0.25, -0.2) is 0 Å². The molecule has 1 aromatic carbocycles. The minimum absolute atomic E-state index is 0.0657. The summed E-state index contributed by atoms with van der Waals surface area (Å²) in [5.74, 6) is 0.847. The van der Waals surface area contributed by atoms with E-state index in [4.69, 9.17) is 0 Å². The van der Waals surface area contributed by atoms with Gasteiger partial charge in [0.15, 0.2) is 0 Å². The third-order valence-corrected chi connectivity index (χ3v) is 3.46. The van der Waals surface area contributed by atoms with Crippen LogP contribution in [0.3, 0.4) is 0 Å². The van der Waals surface area contributed by atoms with Crippen LogP contribution in [0.2, 0.25) is 0 Å². The second-order valence-electron chi connectivity index (χ2n) is 4.90. The highest BCUT2D eigenvalue weighted by Gasteiger charge is 2.14. The molecule has 0 saturated carbocycles. The van der Waals surface area contributed by atoms with Crippen molar-refractivity contribution in [2.45, 2.75) is 19.8 Å². The van der Waals surface area contributed by atoms with Crippen LogP contribution in [0.15, 0.2) is 18.2 Å². The van der Waals surface area contributed by atoms with Gasteiger partial charge >= 0.3 is 0 Å². The SMILES string of the molecule is Cc1cc(C(=O)NCCC2CCNC2)ccc1O. The fraction of sp³-hybridized carbons (Fsp3) is 0.500. The Kier molecular flexibility index (Phi) is 4.20. The fourth-order valence-electron chi connectivity index (χ4n) is 2.25. The molecular weight excluding hydrogens is 228 g/mol. The van der Waals surface area contributed by atoms with Crippen molar-refractivity contribution < 1.29 is 9.90 Å². The molecule has 2 rings (SSSR count). The third-order valence-electron chi connectivity index (χ3n) is 3.46. The summed E-state index contributed by atoms with van der Waals surface area (Å²) >= 11 is 0. The van der Waals surface area contributed by atoms with Gasteiger partial charge in [-0.15, -0.1) is 0 Å². The molecule has 1 amide bonds. The van der Waals surface area contributed by atoms with Crippen LogP contribution >= 0.6 is 0 Å². The quantitative estimate of drug-likeness (QED) is 0.755. The van der Waals surface area contributed by atoms with E-state index < -0.39 is 0 Å². The van der Waals surface area contributed by atoms with E-state index in [2.05, 4.69) is 10.6 Å².